The molecule has 1 amide bonds. The lowest BCUT2D eigenvalue weighted by Crippen LogP contribution is -2.28. The summed E-state index contributed by atoms with van der Waals surface area (Å²) in [5, 5.41) is 3.01. The second kappa shape index (κ2) is 5.24. The van der Waals surface area contributed by atoms with Crippen LogP contribution in [-0.4, -0.2) is 13.0 Å². The van der Waals surface area contributed by atoms with Crippen LogP contribution in [-0.2, 0) is 10.2 Å². The zero-order valence-electron chi connectivity index (χ0n) is 12.3. The fraction of sp³-hybridized carbons (Fsp3) is 0.278. The van der Waals surface area contributed by atoms with Gasteiger partial charge in [-0.25, -0.2) is 0 Å². The minimum Gasteiger partial charge on any atom is -0.495 e. The van der Waals surface area contributed by atoms with Crippen LogP contribution in [0.2, 0.25) is 0 Å². The Bertz CT molecular complexity index is 657. The Hall–Kier alpha value is -2.29. The van der Waals surface area contributed by atoms with Crippen molar-refractivity contribution < 1.29 is 9.53 Å². The minimum absolute atomic E-state index is 0.0517. The zero-order valence-corrected chi connectivity index (χ0v) is 12.3. The van der Waals surface area contributed by atoms with Crippen LogP contribution < -0.4 is 10.1 Å². The number of benzene rings is 2. The molecule has 1 saturated carbocycles. The first kappa shape index (κ1) is 13.7. The molecular weight excluding hydrogens is 262 g/mol. The van der Waals surface area contributed by atoms with Crippen LogP contribution in [0.25, 0.3) is 0 Å². The number of ether oxygens (including phenoxy) is 1. The fourth-order valence-electron chi connectivity index (χ4n) is 2.63. The molecule has 2 aromatic rings. The lowest BCUT2D eigenvalue weighted by molar-refractivity contribution is -0.118. The standard InChI is InChI=1S/C18H19NO2/c1-13-7-9-14(10-8-13)18(11-12-18)17(20)19-15-5-3-4-6-16(15)21-2/h3-10H,11-12H2,1-2H3,(H,19,20). The second-order valence-corrected chi connectivity index (χ2v) is 5.60. The van der Waals surface area contributed by atoms with Gasteiger partial charge in [0, 0.05) is 0 Å². The highest BCUT2D eigenvalue weighted by atomic mass is 16.5. The van der Waals surface area contributed by atoms with E-state index in [-0.39, 0.29) is 11.3 Å². The van der Waals surface area contributed by atoms with Crippen molar-refractivity contribution in [3.05, 3.63) is 59.7 Å². The van der Waals surface area contributed by atoms with E-state index in [4.69, 9.17) is 4.74 Å². The SMILES string of the molecule is COc1ccccc1NC(=O)C1(c2ccc(C)cc2)CC1. The molecule has 0 atom stereocenters. The predicted molar refractivity (Wildman–Crippen MR) is 83.7 cm³/mol. The molecule has 2 aromatic carbocycles. The number of hydrogen-bond donors (Lipinski definition) is 1. The van der Waals surface area contributed by atoms with E-state index in [0.29, 0.717) is 5.75 Å². The van der Waals surface area contributed by atoms with E-state index in [1.165, 1.54) is 5.56 Å². The number of anilines is 1. The number of aryl methyl sites for hydroxylation is 1. The number of amides is 1. The summed E-state index contributed by atoms with van der Waals surface area (Å²) in [6.07, 6.45) is 1.80. The molecule has 3 heteroatoms. The molecule has 0 bridgehead atoms. The van der Waals surface area contributed by atoms with Crippen molar-refractivity contribution in [3.8, 4) is 5.75 Å². The van der Waals surface area contributed by atoms with Gasteiger partial charge in [0.25, 0.3) is 0 Å². The van der Waals surface area contributed by atoms with E-state index in [1.807, 2.05) is 24.3 Å². The molecule has 1 aliphatic carbocycles. The maximum absolute atomic E-state index is 12.7. The molecule has 0 saturated heterocycles. The topological polar surface area (TPSA) is 38.3 Å². The first-order valence-corrected chi connectivity index (χ1v) is 7.17. The largest absolute Gasteiger partial charge is 0.495 e. The molecular formula is C18H19NO2. The van der Waals surface area contributed by atoms with Gasteiger partial charge < -0.3 is 10.1 Å². The summed E-state index contributed by atoms with van der Waals surface area (Å²) in [5.41, 5.74) is 2.66. The highest BCUT2D eigenvalue weighted by Crippen LogP contribution is 2.49. The lowest BCUT2D eigenvalue weighted by atomic mass is 9.94. The van der Waals surface area contributed by atoms with Gasteiger partial charge in [-0.15, -0.1) is 0 Å². The normalized spacial score (nSPS) is 15.3. The third-order valence-electron chi connectivity index (χ3n) is 4.14. The molecule has 3 rings (SSSR count). The molecule has 1 N–H and O–H groups in total. The molecule has 0 unspecified atom stereocenters. The third-order valence-corrected chi connectivity index (χ3v) is 4.14. The minimum atomic E-state index is -0.367. The molecule has 1 fully saturated rings. The molecule has 108 valence electrons. The summed E-state index contributed by atoms with van der Waals surface area (Å²) in [4.78, 5) is 12.7. The Balaban J connectivity index is 1.83. The third kappa shape index (κ3) is 2.51. The van der Waals surface area contributed by atoms with Crippen molar-refractivity contribution in [2.45, 2.75) is 25.2 Å². The molecule has 3 nitrogen and oxygen atoms in total. The molecule has 0 heterocycles. The summed E-state index contributed by atoms with van der Waals surface area (Å²) < 4.78 is 5.29. The molecule has 1 aliphatic rings. The van der Waals surface area contributed by atoms with E-state index in [9.17, 15) is 4.79 Å². The molecule has 0 radical (unpaired) electrons. The highest BCUT2D eigenvalue weighted by Gasteiger charge is 2.51. The van der Waals surface area contributed by atoms with Crippen LogP contribution in [0, 0.1) is 6.92 Å². The van der Waals surface area contributed by atoms with E-state index >= 15 is 0 Å². The number of nitrogens with one attached hydrogen (secondary N) is 1. The number of hydrogen-bond acceptors (Lipinski definition) is 2. The van der Waals surface area contributed by atoms with Gasteiger partial charge in [0.2, 0.25) is 5.91 Å². The van der Waals surface area contributed by atoms with Crippen LogP contribution in [0.15, 0.2) is 48.5 Å². The summed E-state index contributed by atoms with van der Waals surface area (Å²) in [6, 6.07) is 15.7. The lowest BCUT2D eigenvalue weighted by Gasteiger charge is -2.17. The Morgan fingerprint density at radius 2 is 1.76 bits per heavy atom. The summed E-state index contributed by atoms with van der Waals surface area (Å²) in [5.74, 6) is 0.737. The summed E-state index contributed by atoms with van der Waals surface area (Å²) >= 11 is 0. The Labute approximate surface area is 124 Å². The first-order valence-electron chi connectivity index (χ1n) is 7.17. The van der Waals surface area contributed by atoms with Gasteiger partial charge in [-0.2, -0.15) is 0 Å². The smallest absolute Gasteiger partial charge is 0.235 e. The quantitative estimate of drug-likeness (QED) is 0.928. The molecule has 21 heavy (non-hydrogen) atoms. The number of rotatable bonds is 4. The highest BCUT2D eigenvalue weighted by molar-refractivity contribution is 6.02. The Morgan fingerprint density at radius 1 is 1.10 bits per heavy atom. The maximum atomic E-state index is 12.7. The molecule has 0 spiro atoms. The zero-order chi connectivity index (χ0) is 14.9. The maximum Gasteiger partial charge on any atom is 0.235 e. The Kier molecular flexibility index (Phi) is 3.42. The van der Waals surface area contributed by atoms with Crippen molar-refractivity contribution in [2.75, 3.05) is 12.4 Å². The first-order chi connectivity index (χ1) is 10.2. The van der Waals surface area contributed by atoms with Crippen LogP contribution in [0.5, 0.6) is 5.75 Å². The van der Waals surface area contributed by atoms with Crippen LogP contribution >= 0.6 is 0 Å². The van der Waals surface area contributed by atoms with Crippen LogP contribution in [0.1, 0.15) is 24.0 Å². The number of carbonyl (C=O) groups excluding carboxylic acids is 1. The van der Waals surface area contributed by atoms with Gasteiger partial charge in [-0.05, 0) is 37.5 Å². The van der Waals surface area contributed by atoms with Gasteiger partial charge in [0.15, 0.2) is 0 Å². The molecule has 0 aromatic heterocycles. The van der Waals surface area contributed by atoms with Gasteiger partial charge in [0.05, 0.1) is 18.2 Å². The molecule has 0 aliphatic heterocycles. The van der Waals surface area contributed by atoms with Gasteiger partial charge >= 0.3 is 0 Å². The predicted octanol–water partition coefficient (Wildman–Crippen LogP) is 3.67. The van der Waals surface area contributed by atoms with Crippen molar-refractivity contribution in [3.63, 3.8) is 0 Å². The van der Waals surface area contributed by atoms with Crippen LogP contribution in [0.4, 0.5) is 5.69 Å². The monoisotopic (exact) mass is 281 g/mol. The van der Waals surface area contributed by atoms with Crippen LogP contribution in [0.3, 0.4) is 0 Å². The van der Waals surface area contributed by atoms with Crippen molar-refractivity contribution in [1.82, 2.24) is 0 Å². The number of carbonyl (C=O) groups is 1. The second-order valence-electron chi connectivity index (χ2n) is 5.60. The number of para-hydroxylation sites is 2. The van der Waals surface area contributed by atoms with E-state index < -0.39 is 0 Å². The van der Waals surface area contributed by atoms with Gasteiger partial charge in [-0.1, -0.05) is 42.0 Å². The number of methoxy groups -OCH3 is 1. The average molecular weight is 281 g/mol. The van der Waals surface area contributed by atoms with E-state index in [0.717, 1.165) is 24.1 Å². The van der Waals surface area contributed by atoms with E-state index in [1.54, 1.807) is 7.11 Å². The van der Waals surface area contributed by atoms with Gasteiger partial charge in [-0.3, -0.25) is 4.79 Å². The van der Waals surface area contributed by atoms with Crippen molar-refractivity contribution >= 4 is 11.6 Å². The van der Waals surface area contributed by atoms with Crippen molar-refractivity contribution in [1.29, 1.82) is 0 Å². The van der Waals surface area contributed by atoms with Crippen molar-refractivity contribution in [2.24, 2.45) is 0 Å². The van der Waals surface area contributed by atoms with Gasteiger partial charge in [0.1, 0.15) is 5.75 Å². The summed E-state index contributed by atoms with van der Waals surface area (Å²) in [7, 11) is 1.61. The average Bonchev–Trinajstić information content (AvgIpc) is 3.30. The Morgan fingerprint density at radius 3 is 2.38 bits per heavy atom. The van der Waals surface area contributed by atoms with E-state index in [2.05, 4.69) is 36.5 Å². The fourth-order valence-corrected chi connectivity index (χ4v) is 2.63. The summed E-state index contributed by atoms with van der Waals surface area (Å²) in [6.45, 7) is 2.05.